The summed E-state index contributed by atoms with van der Waals surface area (Å²) in [6.45, 7) is -0.351. The second-order valence-corrected chi connectivity index (χ2v) is 13.9. The minimum absolute atomic E-state index is 0.0863. The number of hydrogen-bond acceptors (Lipinski definition) is 8. The third-order valence-corrected chi connectivity index (χ3v) is 9.86. The number of amides is 1. The summed E-state index contributed by atoms with van der Waals surface area (Å²) < 4.78 is 37.6. The van der Waals surface area contributed by atoms with Crippen molar-refractivity contribution in [2.24, 2.45) is 0 Å². The molecule has 0 saturated carbocycles. The van der Waals surface area contributed by atoms with Crippen molar-refractivity contribution in [3.8, 4) is 10.9 Å². The molecule has 1 amide bonds. The van der Waals surface area contributed by atoms with E-state index in [1.807, 2.05) is 6.07 Å². The fourth-order valence-electron chi connectivity index (χ4n) is 4.35. The molecule has 1 aromatic heterocycles. The van der Waals surface area contributed by atoms with Crippen molar-refractivity contribution in [2.75, 3.05) is 17.7 Å². The summed E-state index contributed by atoms with van der Waals surface area (Å²) in [4.78, 5) is 28.9. The molecule has 1 heterocycles. The molecule has 0 saturated heterocycles. The largest absolute Gasteiger partial charge is 0.480 e. The summed E-state index contributed by atoms with van der Waals surface area (Å²) in [5, 5.41) is 13.4. The van der Waals surface area contributed by atoms with E-state index in [9.17, 15) is 18.0 Å². The Hall–Kier alpha value is -4.16. The minimum Gasteiger partial charge on any atom is -0.480 e. The molecule has 0 aliphatic carbocycles. The van der Waals surface area contributed by atoms with Crippen molar-refractivity contribution in [1.82, 2.24) is 4.98 Å². The Bertz CT molecular complexity index is 1950. The van der Waals surface area contributed by atoms with Crippen molar-refractivity contribution in [3.05, 3.63) is 112 Å². The van der Waals surface area contributed by atoms with Gasteiger partial charge >= 0.3 is 5.97 Å². The maximum Gasteiger partial charge on any atom is 0.341 e. The maximum absolute atomic E-state index is 13.1. The lowest BCUT2D eigenvalue weighted by atomic mass is 10.1. The Morgan fingerprint density at radius 2 is 1.58 bits per heavy atom. The number of aryl methyl sites for hydroxylation is 1. The van der Waals surface area contributed by atoms with Crippen molar-refractivity contribution in [3.63, 3.8) is 0 Å². The van der Waals surface area contributed by atoms with Crippen LogP contribution in [-0.2, 0) is 27.7 Å². The molecule has 4 aromatic carbocycles. The van der Waals surface area contributed by atoms with Gasteiger partial charge in [0.2, 0.25) is 0 Å². The van der Waals surface area contributed by atoms with E-state index in [1.54, 1.807) is 54.6 Å². The number of aromatic nitrogens is 1. The first-order valence-corrected chi connectivity index (χ1v) is 16.8. The van der Waals surface area contributed by atoms with Gasteiger partial charge in [-0.3, -0.25) is 4.79 Å². The van der Waals surface area contributed by atoms with Gasteiger partial charge in [0.25, 0.3) is 11.1 Å². The number of anilines is 1. The number of hydrogen-bond donors (Lipinski definition) is 2. The van der Waals surface area contributed by atoms with Gasteiger partial charge in [-0.05, 0) is 90.7 Å². The first-order chi connectivity index (χ1) is 21.6. The quantitative estimate of drug-likeness (QED) is 0.132. The highest BCUT2D eigenvalue weighted by atomic mass is 35.5. The number of sulfone groups is 1. The van der Waals surface area contributed by atoms with E-state index in [0.717, 1.165) is 21.3 Å². The lowest BCUT2D eigenvalue weighted by molar-refractivity contribution is -0.139. The van der Waals surface area contributed by atoms with Crippen LogP contribution in [0, 0.1) is 0 Å². The fourth-order valence-corrected chi connectivity index (χ4v) is 6.75. The molecule has 45 heavy (non-hydrogen) atoms. The zero-order valence-electron chi connectivity index (χ0n) is 23.5. The molecule has 9 nitrogen and oxygen atoms in total. The maximum atomic E-state index is 13.1. The number of carbonyl (C=O) groups excluding carboxylic acids is 1. The lowest BCUT2D eigenvalue weighted by Gasteiger charge is -2.14. The molecule has 0 aliphatic rings. The topological polar surface area (TPSA) is 132 Å². The van der Waals surface area contributed by atoms with Gasteiger partial charge in [0, 0.05) is 15.6 Å². The summed E-state index contributed by atoms with van der Waals surface area (Å²) >= 11 is 13.3. The predicted octanol–water partition coefficient (Wildman–Crippen LogP) is 7.30. The van der Waals surface area contributed by atoms with Crippen LogP contribution in [0.25, 0.3) is 10.2 Å². The van der Waals surface area contributed by atoms with Gasteiger partial charge < -0.3 is 19.9 Å². The van der Waals surface area contributed by atoms with Gasteiger partial charge in [-0.25, -0.2) is 18.2 Å². The van der Waals surface area contributed by atoms with Gasteiger partial charge in [-0.1, -0.05) is 52.7 Å². The lowest BCUT2D eigenvalue weighted by Crippen LogP contribution is -2.15. The second-order valence-electron chi connectivity index (χ2n) is 9.92. The van der Waals surface area contributed by atoms with Crippen LogP contribution >= 0.6 is 34.5 Å². The number of halogens is 2. The van der Waals surface area contributed by atoms with E-state index < -0.39 is 28.3 Å². The fraction of sp³-hybridized carbons (Fsp3) is 0.156. The SMILES string of the molecule is O=C(O)COc1ccc(CCCS(=O)(=O)c2ccc(Cl)cc2)cc1NC(=O)c1ccc(COc2nc3cc(Cl)ccc3s2)cc1. The Morgan fingerprint density at radius 3 is 2.31 bits per heavy atom. The number of ether oxygens (including phenoxy) is 2. The molecule has 5 rings (SSSR count). The van der Waals surface area contributed by atoms with Crippen LogP contribution < -0.4 is 14.8 Å². The van der Waals surface area contributed by atoms with Gasteiger partial charge in [0.05, 0.1) is 26.6 Å². The normalized spacial score (nSPS) is 11.3. The van der Waals surface area contributed by atoms with E-state index in [2.05, 4.69) is 10.3 Å². The van der Waals surface area contributed by atoms with Gasteiger partial charge in [-0.2, -0.15) is 0 Å². The molecule has 0 atom stereocenters. The van der Waals surface area contributed by atoms with Crippen LogP contribution in [0.4, 0.5) is 5.69 Å². The number of carbonyl (C=O) groups is 2. The number of nitrogens with one attached hydrogen (secondary N) is 1. The minimum atomic E-state index is -3.51. The van der Waals surface area contributed by atoms with Crippen LogP contribution in [0.5, 0.6) is 10.9 Å². The van der Waals surface area contributed by atoms with Crippen LogP contribution in [0.1, 0.15) is 27.9 Å². The van der Waals surface area contributed by atoms with E-state index in [-0.39, 0.29) is 28.7 Å². The summed E-state index contributed by atoms with van der Waals surface area (Å²) in [7, 11) is -3.51. The first-order valence-electron chi connectivity index (χ1n) is 13.6. The smallest absolute Gasteiger partial charge is 0.341 e. The molecule has 0 aliphatic heterocycles. The molecule has 13 heteroatoms. The first kappa shape index (κ1) is 32.2. The van der Waals surface area contributed by atoms with Crippen LogP contribution in [0.2, 0.25) is 10.0 Å². The zero-order chi connectivity index (χ0) is 32.0. The summed E-state index contributed by atoms with van der Waals surface area (Å²) in [6.07, 6.45) is 0.716. The van der Waals surface area contributed by atoms with E-state index in [0.29, 0.717) is 33.6 Å². The number of thiazole rings is 1. The monoisotopic (exact) mass is 684 g/mol. The second kappa shape index (κ2) is 14.3. The summed E-state index contributed by atoms with van der Waals surface area (Å²) in [5.74, 6) is -1.52. The molecule has 0 fully saturated rings. The molecule has 0 bridgehead atoms. The Balaban J connectivity index is 1.22. The Labute approximate surface area is 273 Å². The number of carboxylic acid groups (broad SMARTS) is 1. The third-order valence-electron chi connectivity index (χ3n) is 6.60. The molecule has 5 aromatic rings. The molecule has 232 valence electrons. The molecular formula is C32H26Cl2N2O7S2. The Kier molecular flexibility index (Phi) is 10.2. The predicted molar refractivity (Wildman–Crippen MR) is 175 cm³/mol. The summed E-state index contributed by atoms with van der Waals surface area (Å²) in [6, 6.07) is 23.2. The Morgan fingerprint density at radius 1 is 0.867 bits per heavy atom. The average Bonchev–Trinajstić information content (AvgIpc) is 3.42. The van der Waals surface area contributed by atoms with Crippen molar-refractivity contribution in [1.29, 1.82) is 0 Å². The highest BCUT2D eigenvalue weighted by Gasteiger charge is 2.16. The molecule has 0 unspecified atom stereocenters. The van der Waals surface area contributed by atoms with Crippen molar-refractivity contribution >= 4 is 72.2 Å². The van der Waals surface area contributed by atoms with Crippen LogP contribution in [0.15, 0.2) is 89.8 Å². The number of carboxylic acids is 1. The third kappa shape index (κ3) is 8.73. The number of fused-ring (bicyclic) bond motifs is 1. The van der Waals surface area contributed by atoms with E-state index in [4.69, 9.17) is 37.8 Å². The highest BCUT2D eigenvalue weighted by Crippen LogP contribution is 2.31. The number of rotatable bonds is 13. The van der Waals surface area contributed by atoms with Crippen molar-refractivity contribution < 1.29 is 32.6 Å². The summed E-state index contributed by atoms with van der Waals surface area (Å²) in [5.41, 5.74) is 2.95. The van der Waals surface area contributed by atoms with E-state index >= 15 is 0 Å². The van der Waals surface area contributed by atoms with Gasteiger partial charge in [0.15, 0.2) is 16.4 Å². The van der Waals surface area contributed by atoms with Gasteiger partial charge in [-0.15, -0.1) is 0 Å². The van der Waals surface area contributed by atoms with E-state index in [1.165, 1.54) is 35.6 Å². The van der Waals surface area contributed by atoms with Crippen molar-refractivity contribution in [2.45, 2.75) is 24.3 Å². The molecule has 2 N–H and O–H groups in total. The number of aliphatic carboxylic acids is 1. The average molecular weight is 686 g/mol. The van der Waals surface area contributed by atoms with Crippen LogP contribution in [-0.4, -0.2) is 42.7 Å². The standard InChI is InChI=1S/C32H26Cl2N2O7S2/c33-23-8-11-25(12-9-23)45(40,41)15-1-2-20-5-13-28(42-19-30(37)38)26(16-20)35-31(39)22-6-3-21(4-7-22)18-43-32-36-27-17-24(34)10-14-29(27)44-32/h3-14,16-17H,1-2,15,18-19H2,(H,35,39)(H,37,38). The van der Waals surface area contributed by atoms with Gasteiger partial charge in [0.1, 0.15) is 12.4 Å². The van der Waals surface area contributed by atoms with Crippen LogP contribution in [0.3, 0.4) is 0 Å². The number of nitrogens with zero attached hydrogens (tertiary/aromatic N) is 1. The highest BCUT2D eigenvalue weighted by molar-refractivity contribution is 7.91. The zero-order valence-corrected chi connectivity index (χ0v) is 26.7. The number of benzene rings is 4. The molecule has 0 radical (unpaired) electrons. The molecule has 0 spiro atoms. The molecular weight excluding hydrogens is 659 g/mol.